The summed E-state index contributed by atoms with van der Waals surface area (Å²) >= 11 is 0. The van der Waals surface area contributed by atoms with Crippen molar-refractivity contribution in [3.63, 3.8) is 0 Å². The molecule has 0 aliphatic heterocycles. The summed E-state index contributed by atoms with van der Waals surface area (Å²) in [4.78, 5) is 48.4. The summed E-state index contributed by atoms with van der Waals surface area (Å²) in [6.45, 7) is 0. The van der Waals surface area contributed by atoms with Gasteiger partial charge in [0.15, 0.2) is 0 Å². The number of nitrogens with zero attached hydrogens (tertiary/aromatic N) is 1. The van der Waals surface area contributed by atoms with Crippen LogP contribution in [0.25, 0.3) is 0 Å². The van der Waals surface area contributed by atoms with Gasteiger partial charge in [0, 0.05) is 12.5 Å². The van der Waals surface area contributed by atoms with Gasteiger partial charge in [-0.05, 0) is 5.56 Å². The number of hydrogen-bond acceptors (Lipinski definition) is 4. The summed E-state index contributed by atoms with van der Waals surface area (Å²) in [6.07, 6.45) is -0.0465. The van der Waals surface area contributed by atoms with Crippen LogP contribution in [0.2, 0.25) is 0 Å². The number of carbonyl (C=O) groups is 2. The van der Waals surface area contributed by atoms with Gasteiger partial charge >= 0.3 is 11.7 Å². The monoisotopic (exact) mass is 303 g/mol. The smallest absolute Gasteiger partial charge is 0.329 e. The normalized spacial score (nSPS) is 11.8. The molecule has 2 aromatic rings. The third-order valence-electron chi connectivity index (χ3n) is 3.10. The molecule has 2 rings (SSSR count). The van der Waals surface area contributed by atoms with Gasteiger partial charge in [-0.2, -0.15) is 0 Å². The molecule has 114 valence electrons. The highest BCUT2D eigenvalue weighted by molar-refractivity contribution is 5.90. The van der Waals surface area contributed by atoms with Gasteiger partial charge in [0.2, 0.25) is 0 Å². The van der Waals surface area contributed by atoms with E-state index in [1.165, 1.54) is 0 Å². The zero-order valence-corrected chi connectivity index (χ0v) is 11.4. The van der Waals surface area contributed by atoms with E-state index in [0.717, 1.165) is 6.07 Å². The second-order valence-electron chi connectivity index (χ2n) is 4.60. The van der Waals surface area contributed by atoms with Gasteiger partial charge in [0.1, 0.15) is 11.7 Å². The molecule has 0 saturated carbocycles. The zero-order chi connectivity index (χ0) is 16.3. The molecule has 0 bridgehead atoms. The molecule has 0 aliphatic rings. The molecular formula is C14H13N3O5. The number of nitrogens with one attached hydrogen (secondary N) is 1. The predicted octanol–water partition coefficient (Wildman–Crippen LogP) is -0.496. The number of aliphatic carboxylic acids is 1. The molecule has 0 saturated heterocycles. The topological polar surface area (TPSA) is 135 Å². The average Bonchev–Trinajstić information content (AvgIpc) is 2.46. The first-order valence-corrected chi connectivity index (χ1v) is 6.32. The van der Waals surface area contributed by atoms with Crippen molar-refractivity contribution in [2.24, 2.45) is 5.73 Å². The van der Waals surface area contributed by atoms with Crippen LogP contribution < -0.4 is 17.0 Å². The number of hydrogen-bond donors (Lipinski definition) is 3. The lowest BCUT2D eigenvalue weighted by Gasteiger charge is -2.14. The minimum atomic E-state index is -1.39. The molecule has 0 spiro atoms. The van der Waals surface area contributed by atoms with E-state index in [9.17, 15) is 24.3 Å². The van der Waals surface area contributed by atoms with Crippen molar-refractivity contribution in [3.8, 4) is 0 Å². The summed E-state index contributed by atoms with van der Waals surface area (Å²) in [7, 11) is 0. The molecule has 1 unspecified atom stereocenters. The number of primary amides is 1. The molecule has 0 fully saturated rings. The van der Waals surface area contributed by atoms with Crippen LogP contribution in [0.3, 0.4) is 0 Å². The van der Waals surface area contributed by atoms with Gasteiger partial charge in [-0.3, -0.25) is 9.59 Å². The minimum absolute atomic E-state index is 0.0465. The molecule has 1 amide bonds. The van der Waals surface area contributed by atoms with Crippen molar-refractivity contribution in [2.75, 3.05) is 0 Å². The van der Waals surface area contributed by atoms with Crippen LogP contribution in [0.15, 0.2) is 46.0 Å². The van der Waals surface area contributed by atoms with E-state index >= 15 is 0 Å². The van der Waals surface area contributed by atoms with Crippen LogP contribution in [0.1, 0.15) is 22.1 Å². The number of nitrogens with two attached hydrogens (primary N) is 1. The zero-order valence-electron chi connectivity index (χ0n) is 11.4. The number of H-pyrrole nitrogens is 1. The van der Waals surface area contributed by atoms with E-state index in [1.54, 1.807) is 30.3 Å². The van der Waals surface area contributed by atoms with Gasteiger partial charge in [0.25, 0.3) is 11.5 Å². The molecule has 8 nitrogen and oxygen atoms in total. The highest BCUT2D eigenvalue weighted by Crippen LogP contribution is 2.11. The van der Waals surface area contributed by atoms with Crippen molar-refractivity contribution in [1.82, 2.24) is 9.55 Å². The fourth-order valence-electron chi connectivity index (χ4n) is 2.06. The summed E-state index contributed by atoms with van der Waals surface area (Å²) in [5, 5.41) is 9.31. The average molecular weight is 303 g/mol. The fraction of sp³-hybridized carbons (Fsp3) is 0.143. The Hall–Kier alpha value is -3.16. The van der Waals surface area contributed by atoms with Gasteiger partial charge in [-0.15, -0.1) is 0 Å². The van der Waals surface area contributed by atoms with Crippen LogP contribution in [0.5, 0.6) is 0 Å². The van der Waals surface area contributed by atoms with Gasteiger partial charge in [-0.25, -0.2) is 14.2 Å². The van der Waals surface area contributed by atoms with Crippen LogP contribution >= 0.6 is 0 Å². The summed E-state index contributed by atoms with van der Waals surface area (Å²) in [5.74, 6) is -2.31. The molecule has 1 aromatic heterocycles. The Kier molecular flexibility index (Phi) is 4.21. The first-order valence-electron chi connectivity index (χ1n) is 6.32. The Bertz CT molecular complexity index is 791. The molecule has 4 N–H and O–H groups in total. The summed E-state index contributed by atoms with van der Waals surface area (Å²) in [5.41, 5.74) is 3.38. The molecule has 1 atom stereocenters. The molecule has 22 heavy (non-hydrogen) atoms. The number of carboxylic acid groups (broad SMARTS) is 1. The number of rotatable bonds is 5. The van der Waals surface area contributed by atoms with Gasteiger partial charge in [-0.1, -0.05) is 30.3 Å². The van der Waals surface area contributed by atoms with Crippen molar-refractivity contribution in [3.05, 3.63) is 68.5 Å². The van der Waals surface area contributed by atoms with Crippen LogP contribution in [0, 0.1) is 0 Å². The van der Waals surface area contributed by atoms with E-state index < -0.39 is 29.2 Å². The Morgan fingerprint density at radius 2 is 1.86 bits per heavy atom. The van der Waals surface area contributed by atoms with E-state index in [-0.39, 0.29) is 12.1 Å². The number of carbonyl (C=O) groups excluding carboxylic acids is 1. The Morgan fingerprint density at radius 3 is 2.36 bits per heavy atom. The molecular weight excluding hydrogens is 290 g/mol. The van der Waals surface area contributed by atoms with E-state index in [2.05, 4.69) is 4.98 Å². The lowest BCUT2D eigenvalue weighted by Crippen LogP contribution is -2.43. The molecule has 8 heteroatoms. The van der Waals surface area contributed by atoms with Crippen molar-refractivity contribution in [1.29, 1.82) is 0 Å². The molecule has 0 radical (unpaired) electrons. The van der Waals surface area contributed by atoms with Crippen LogP contribution in [0.4, 0.5) is 0 Å². The Labute approximate surface area is 123 Å². The lowest BCUT2D eigenvalue weighted by atomic mass is 10.1. The maximum atomic E-state index is 12.0. The van der Waals surface area contributed by atoms with Gasteiger partial charge < -0.3 is 15.8 Å². The van der Waals surface area contributed by atoms with E-state index in [0.29, 0.717) is 10.1 Å². The maximum absolute atomic E-state index is 12.0. The number of amides is 1. The number of aromatic nitrogens is 2. The third kappa shape index (κ3) is 3.11. The first kappa shape index (κ1) is 15.2. The number of aromatic amines is 1. The second kappa shape index (κ2) is 6.08. The predicted molar refractivity (Wildman–Crippen MR) is 76.7 cm³/mol. The van der Waals surface area contributed by atoms with Gasteiger partial charge in [0.05, 0.1) is 0 Å². The third-order valence-corrected chi connectivity index (χ3v) is 3.10. The molecule has 0 aliphatic carbocycles. The largest absolute Gasteiger partial charge is 0.480 e. The fourth-order valence-corrected chi connectivity index (χ4v) is 2.06. The second-order valence-corrected chi connectivity index (χ2v) is 4.60. The summed E-state index contributed by atoms with van der Waals surface area (Å²) in [6, 6.07) is 8.00. The quantitative estimate of drug-likeness (QED) is 0.684. The highest BCUT2D eigenvalue weighted by atomic mass is 16.4. The molecule has 1 aromatic carbocycles. The Balaban J connectivity index is 2.50. The van der Waals surface area contributed by atoms with Crippen LogP contribution in [-0.2, 0) is 11.2 Å². The van der Waals surface area contributed by atoms with E-state index in [4.69, 9.17) is 5.73 Å². The first-order chi connectivity index (χ1) is 10.4. The molecule has 1 heterocycles. The number of carboxylic acids is 1. The number of benzene rings is 1. The minimum Gasteiger partial charge on any atom is -0.480 e. The van der Waals surface area contributed by atoms with Crippen LogP contribution in [-0.4, -0.2) is 26.5 Å². The standard InChI is InChI=1S/C14H13N3O5/c15-12(19)9-7-11(18)17(14(22)16-9)10(13(20)21)6-8-4-2-1-3-5-8/h1-5,7,10H,6H2,(H2,15,19)(H,16,22)(H,20,21). The van der Waals surface area contributed by atoms with Crippen molar-refractivity contribution in [2.45, 2.75) is 12.5 Å². The van der Waals surface area contributed by atoms with E-state index in [1.807, 2.05) is 0 Å². The highest BCUT2D eigenvalue weighted by Gasteiger charge is 2.24. The summed E-state index contributed by atoms with van der Waals surface area (Å²) < 4.78 is 0.557. The maximum Gasteiger partial charge on any atom is 0.329 e. The lowest BCUT2D eigenvalue weighted by molar-refractivity contribution is -0.141. The van der Waals surface area contributed by atoms with Crippen molar-refractivity contribution >= 4 is 11.9 Å². The SMILES string of the molecule is NC(=O)c1cc(=O)n(C(Cc2ccccc2)C(=O)O)c(=O)[nH]1. The Morgan fingerprint density at radius 1 is 1.23 bits per heavy atom. The van der Waals surface area contributed by atoms with Crippen molar-refractivity contribution < 1.29 is 14.7 Å².